The van der Waals surface area contributed by atoms with Crippen LogP contribution < -0.4 is 0 Å². The first kappa shape index (κ1) is 48.1. The predicted molar refractivity (Wildman–Crippen MR) is 209 cm³/mol. The van der Waals surface area contributed by atoms with Crippen molar-refractivity contribution < 1.29 is 0 Å². The summed E-state index contributed by atoms with van der Waals surface area (Å²) in [6.07, 6.45) is 41.5. The summed E-state index contributed by atoms with van der Waals surface area (Å²) >= 11 is 0. The van der Waals surface area contributed by atoms with Gasteiger partial charge in [0.2, 0.25) is 0 Å². The van der Waals surface area contributed by atoms with E-state index in [4.69, 9.17) is 0 Å². The van der Waals surface area contributed by atoms with Gasteiger partial charge in [0.05, 0.1) is 0 Å². The Labute approximate surface area is 284 Å². The quantitative estimate of drug-likeness (QED) is 0.0576. The highest BCUT2D eigenvalue weighted by molar-refractivity contribution is 4.82. The summed E-state index contributed by atoms with van der Waals surface area (Å²) in [4.78, 5) is 0. The molecule has 0 aromatic heterocycles. The number of allylic oxidation sites excluding steroid dienone is 2. The van der Waals surface area contributed by atoms with E-state index in [1.54, 1.807) is 0 Å². The van der Waals surface area contributed by atoms with Gasteiger partial charge in [-0.3, -0.25) is 0 Å². The molecule has 268 valence electrons. The molecule has 0 aliphatic rings. The van der Waals surface area contributed by atoms with E-state index < -0.39 is 0 Å². The van der Waals surface area contributed by atoms with Crippen LogP contribution in [0.3, 0.4) is 0 Å². The van der Waals surface area contributed by atoms with Gasteiger partial charge in [0.1, 0.15) is 0 Å². The molecule has 0 radical (unpaired) electrons. The fraction of sp³-hybridized carbons (Fsp3) is 0.955. The highest BCUT2D eigenvalue weighted by Crippen LogP contribution is 2.26. The van der Waals surface area contributed by atoms with Crippen molar-refractivity contribution in [1.29, 1.82) is 0 Å². The molecular weight excluding hydrogens is 528 g/mol. The van der Waals surface area contributed by atoms with Crippen LogP contribution in [0.15, 0.2) is 12.2 Å². The lowest BCUT2D eigenvalue weighted by Gasteiger charge is -2.20. The first-order valence-electron chi connectivity index (χ1n) is 20.9. The van der Waals surface area contributed by atoms with Crippen LogP contribution in [0.5, 0.6) is 0 Å². The van der Waals surface area contributed by atoms with Gasteiger partial charge in [-0.1, -0.05) is 236 Å². The second kappa shape index (κ2) is 40.8. The molecule has 0 unspecified atom stereocenters. The van der Waals surface area contributed by atoms with Crippen molar-refractivity contribution in [2.75, 3.05) is 0 Å². The Kier molecular flexibility index (Phi) is 44.6. The van der Waals surface area contributed by atoms with Crippen LogP contribution in [-0.4, -0.2) is 0 Å². The summed E-state index contributed by atoms with van der Waals surface area (Å²) < 4.78 is 0. The Hall–Kier alpha value is -0.260. The van der Waals surface area contributed by atoms with Crippen LogP contribution >= 0.6 is 0 Å². The zero-order valence-corrected chi connectivity index (χ0v) is 33.4. The topological polar surface area (TPSA) is 0 Å². The molecule has 0 aliphatic heterocycles. The fourth-order valence-corrected chi connectivity index (χ4v) is 6.13. The van der Waals surface area contributed by atoms with E-state index in [1.165, 1.54) is 167 Å². The Morgan fingerprint density at radius 2 is 0.636 bits per heavy atom. The predicted octanol–water partition coefficient (Wildman–Crippen LogP) is 17.0. The maximum atomic E-state index is 2.42. The SMILES string of the molecule is CCCCCC(CCCCC)C(C)C.CCCCCC/C=C\CC(C)C.CCCCCCCC(CCCCCCC)C(C)C. The van der Waals surface area contributed by atoms with Crippen LogP contribution in [0, 0.1) is 29.6 Å². The summed E-state index contributed by atoms with van der Waals surface area (Å²) in [5.41, 5.74) is 0. The molecule has 0 amide bonds. The molecular formula is C44H92. The summed E-state index contributed by atoms with van der Waals surface area (Å²) in [5, 5.41) is 0. The molecule has 0 nitrogen and oxygen atoms in total. The third-order valence-electron chi connectivity index (χ3n) is 9.60. The Bertz CT molecular complexity index is 474. The molecule has 0 aromatic rings. The molecule has 0 rings (SSSR count). The van der Waals surface area contributed by atoms with Gasteiger partial charge in [-0.2, -0.15) is 0 Å². The number of hydrogen-bond donors (Lipinski definition) is 0. The van der Waals surface area contributed by atoms with Gasteiger partial charge in [-0.15, -0.1) is 0 Å². The van der Waals surface area contributed by atoms with E-state index in [0.717, 1.165) is 29.6 Å². The number of hydrogen-bond acceptors (Lipinski definition) is 0. The third kappa shape index (κ3) is 41.7. The maximum absolute atomic E-state index is 2.42. The third-order valence-corrected chi connectivity index (χ3v) is 9.60. The molecule has 0 heterocycles. The highest BCUT2D eigenvalue weighted by atomic mass is 14.2. The minimum Gasteiger partial charge on any atom is -0.0885 e. The van der Waals surface area contributed by atoms with Crippen molar-refractivity contribution in [2.24, 2.45) is 29.6 Å². The van der Waals surface area contributed by atoms with E-state index in [0.29, 0.717) is 0 Å². The molecule has 0 aliphatic carbocycles. The van der Waals surface area contributed by atoms with E-state index in [9.17, 15) is 0 Å². The standard InChI is InChI=1S/C18H38.C14H30.C12H24/c1-5-7-9-11-13-15-18(17(3)4)16-14-12-10-8-6-2;1-5-7-9-11-14(13(3)4)12-10-8-6-2;1-4-5-6-7-8-9-10-11-12(2)3/h17-18H,5-16H2,1-4H3;13-14H,5-12H2,1-4H3;9-10,12H,4-8,11H2,1-3H3/b;;10-9-. The average molecular weight is 621 g/mol. The van der Waals surface area contributed by atoms with E-state index in [-0.39, 0.29) is 0 Å². The van der Waals surface area contributed by atoms with Crippen molar-refractivity contribution in [3.05, 3.63) is 12.2 Å². The molecule has 0 saturated carbocycles. The highest BCUT2D eigenvalue weighted by Gasteiger charge is 2.13. The van der Waals surface area contributed by atoms with Crippen molar-refractivity contribution in [2.45, 2.75) is 243 Å². The molecule has 0 N–H and O–H groups in total. The molecule has 0 saturated heterocycles. The average Bonchev–Trinajstić information content (AvgIpc) is 2.99. The van der Waals surface area contributed by atoms with Crippen molar-refractivity contribution in [1.82, 2.24) is 0 Å². The van der Waals surface area contributed by atoms with E-state index >= 15 is 0 Å². The minimum absolute atomic E-state index is 0.817. The first-order valence-corrected chi connectivity index (χ1v) is 20.9. The van der Waals surface area contributed by atoms with Crippen molar-refractivity contribution in [3.63, 3.8) is 0 Å². The summed E-state index contributed by atoms with van der Waals surface area (Å²) in [6.45, 7) is 25.6. The Balaban J connectivity index is -0.000000587. The van der Waals surface area contributed by atoms with Gasteiger partial charge in [0.15, 0.2) is 0 Å². The van der Waals surface area contributed by atoms with Gasteiger partial charge >= 0.3 is 0 Å². The lowest BCUT2D eigenvalue weighted by molar-refractivity contribution is 0.313. The maximum Gasteiger partial charge on any atom is -0.0327 e. The summed E-state index contributed by atoms with van der Waals surface area (Å²) in [5.74, 6) is 4.59. The molecule has 0 bridgehead atoms. The summed E-state index contributed by atoms with van der Waals surface area (Å²) in [6, 6.07) is 0. The van der Waals surface area contributed by atoms with Gasteiger partial charge in [0.25, 0.3) is 0 Å². The molecule has 0 aromatic carbocycles. The summed E-state index contributed by atoms with van der Waals surface area (Å²) in [7, 11) is 0. The smallest absolute Gasteiger partial charge is 0.0327 e. The van der Waals surface area contributed by atoms with Gasteiger partial charge in [0, 0.05) is 0 Å². The zero-order valence-electron chi connectivity index (χ0n) is 33.4. The van der Waals surface area contributed by atoms with Crippen LogP contribution in [-0.2, 0) is 0 Å². The number of unbranched alkanes of at least 4 members (excludes halogenated alkanes) is 16. The van der Waals surface area contributed by atoms with E-state index in [2.05, 4.69) is 88.3 Å². The normalized spacial score (nSPS) is 11.6. The van der Waals surface area contributed by atoms with Gasteiger partial charge < -0.3 is 0 Å². The molecule has 0 atom stereocenters. The van der Waals surface area contributed by atoms with Crippen LogP contribution in [0.4, 0.5) is 0 Å². The van der Waals surface area contributed by atoms with Crippen LogP contribution in [0.2, 0.25) is 0 Å². The largest absolute Gasteiger partial charge is 0.0885 e. The lowest BCUT2D eigenvalue weighted by Crippen LogP contribution is -2.08. The van der Waals surface area contributed by atoms with Gasteiger partial charge in [-0.25, -0.2) is 0 Å². The monoisotopic (exact) mass is 621 g/mol. The number of rotatable bonds is 29. The Morgan fingerprint density at radius 1 is 0.341 bits per heavy atom. The molecule has 0 fully saturated rings. The first-order chi connectivity index (χ1) is 21.2. The second-order valence-electron chi connectivity index (χ2n) is 15.4. The zero-order chi connectivity index (χ0) is 33.7. The van der Waals surface area contributed by atoms with Crippen molar-refractivity contribution >= 4 is 0 Å². The van der Waals surface area contributed by atoms with E-state index in [1.807, 2.05) is 0 Å². The molecule has 0 spiro atoms. The van der Waals surface area contributed by atoms with Gasteiger partial charge in [-0.05, 0) is 48.9 Å². The minimum atomic E-state index is 0.817. The van der Waals surface area contributed by atoms with Crippen LogP contribution in [0.25, 0.3) is 0 Å². The Morgan fingerprint density at radius 3 is 0.955 bits per heavy atom. The van der Waals surface area contributed by atoms with Crippen molar-refractivity contribution in [3.8, 4) is 0 Å². The molecule has 44 heavy (non-hydrogen) atoms. The molecule has 0 heteroatoms. The second-order valence-corrected chi connectivity index (χ2v) is 15.4. The fourth-order valence-electron chi connectivity index (χ4n) is 6.13. The van der Waals surface area contributed by atoms with Crippen LogP contribution in [0.1, 0.15) is 243 Å². The lowest BCUT2D eigenvalue weighted by atomic mass is 9.85.